The van der Waals surface area contributed by atoms with E-state index in [1.54, 1.807) is 0 Å². The van der Waals surface area contributed by atoms with Gasteiger partial charge in [-0.25, -0.2) is 0 Å². The van der Waals surface area contributed by atoms with E-state index in [1.165, 1.54) is 16.7 Å². The summed E-state index contributed by atoms with van der Waals surface area (Å²) in [6.45, 7) is 2.09. The Balaban J connectivity index is 2.39. The summed E-state index contributed by atoms with van der Waals surface area (Å²) in [6.07, 6.45) is 5.56. The highest BCUT2D eigenvalue weighted by Crippen LogP contribution is 2.25. The summed E-state index contributed by atoms with van der Waals surface area (Å²) in [5.41, 5.74) is 4.28. The van der Waals surface area contributed by atoms with Crippen LogP contribution in [0.3, 0.4) is 0 Å². The predicted molar refractivity (Wildman–Crippen MR) is 48.1 cm³/mol. The van der Waals surface area contributed by atoms with Gasteiger partial charge in [0.25, 0.3) is 0 Å². The van der Waals surface area contributed by atoms with E-state index in [9.17, 15) is 0 Å². The Morgan fingerprint density at radius 3 is 2.82 bits per heavy atom. The summed E-state index contributed by atoms with van der Waals surface area (Å²) < 4.78 is 0. The zero-order valence-corrected chi connectivity index (χ0v) is 6.67. The highest BCUT2D eigenvalue weighted by atomic mass is 14.1. The number of rotatable bonds is 1. The van der Waals surface area contributed by atoms with Crippen LogP contribution < -0.4 is 0 Å². The lowest BCUT2D eigenvalue weighted by Gasteiger charge is -1.95. The van der Waals surface area contributed by atoms with Crippen LogP contribution in [0.5, 0.6) is 0 Å². The molecule has 1 aliphatic rings. The van der Waals surface area contributed by atoms with E-state index < -0.39 is 0 Å². The fraction of sp³-hybridized carbons (Fsp3) is 0.182. The Morgan fingerprint density at radius 2 is 2.09 bits per heavy atom. The maximum absolute atomic E-state index is 2.26. The van der Waals surface area contributed by atoms with Crippen LogP contribution in [0.25, 0.3) is 6.08 Å². The van der Waals surface area contributed by atoms with Gasteiger partial charge in [-0.3, -0.25) is 0 Å². The molecular weight excluding hydrogens is 132 g/mol. The van der Waals surface area contributed by atoms with Crippen molar-refractivity contribution in [2.45, 2.75) is 13.3 Å². The van der Waals surface area contributed by atoms with Gasteiger partial charge in [0.1, 0.15) is 0 Å². The smallest absolute Gasteiger partial charge is 0.00549 e. The highest BCUT2D eigenvalue weighted by molar-refractivity contribution is 5.65. The summed E-state index contributed by atoms with van der Waals surface area (Å²) in [7, 11) is 0. The van der Waals surface area contributed by atoms with Gasteiger partial charge in [-0.1, -0.05) is 42.8 Å². The Hall–Kier alpha value is -1.04. The molecule has 0 atom stereocenters. The van der Waals surface area contributed by atoms with Crippen LogP contribution in [0.2, 0.25) is 0 Å². The van der Waals surface area contributed by atoms with Gasteiger partial charge in [0.05, 0.1) is 0 Å². The molecule has 0 N–H and O–H groups in total. The van der Waals surface area contributed by atoms with Crippen LogP contribution in [-0.4, -0.2) is 0 Å². The molecule has 1 aromatic rings. The predicted octanol–water partition coefficient (Wildman–Crippen LogP) is 2.85. The largest absolute Gasteiger partial charge is 0.0619 e. The normalized spacial score (nSPS) is 14.5. The van der Waals surface area contributed by atoms with E-state index in [0.29, 0.717) is 0 Å². The van der Waals surface area contributed by atoms with Crippen molar-refractivity contribution in [3.05, 3.63) is 47.4 Å². The molecule has 0 fully saturated rings. The van der Waals surface area contributed by atoms with Crippen molar-refractivity contribution in [3.8, 4) is 0 Å². The molecular formula is C11H11. The van der Waals surface area contributed by atoms with Crippen molar-refractivity contribution >= 4 is 6.08 Å². The molecule has 0 bridgehead atoms. The van der Waals surface area contributed by atoms with E-state index in [4.69, 9.17) is 0 Å². The Morgan fingerprint density at radius 1 is 1.27 bits per heavy atom. The summed E-state index contributed by atoms with van der Waals surface area (Å²) in [5.74, 6) is 0. The lowest BCUT2D eigenvalue weighted by Crippen LogP contribution is -1.82. The SMILES string of the molecule is C[CH]C1=Cc2ccccc2C1. The molecule has 1 radical (unpaired) electrons. The standard InChI is InChI=1S/C11H11/c1-2-9-7-10-5-3-4-6-11(10)8-9/h2-7H,8H2,1H3. The lowest BCUT2D eigenvalue weighted by atomic mass is 10.1. The molecule has 0 unspecified atom stereocenters. The van der Waals surface area contributed by atoms with Gasteiger partial charge in [0.2, 0.25) is 0 Å². The molecule has 0 aromatic heterocycles. The molecule has 0 spiro atoms. The van der Waals surface area contributed by atoms with Crippen molar-refractivity contribution < 1.29 is 0 Å². The van der Waals surface area contributed by atoms with Crippen molar-refractivity contribution in [2.24, 2.45) is 0 Å². The van der Waals surface area contributed by atoms with E-state index in [2.05, 4.69) is 43.7 Å². The number of hydrogen-bond acceptors (Lipinski definition) is 0. The lowest BCUT2D eigenvalue weighted by molar-refractivity contribution is 1.19. The third kappa shape index (κ3) is 1.09. The molecule has 2 rings (SSSR count). The van der Waals surface area contributed by atoms with Crippen LogP contribution in [-0.2, 0) is 6.42 Å². The second kappa shape index (κ2) is 2.54. The van der Waals surface area contributed by atoms with Crippen molar-refractivity contribution in [1.82, 2.24) is 0 Å². The number of hydrogen-bond donors (Lipinski definition) is 0. The maximum Gasteiger partial charge on any atom is -0.00549 e. The Bertz CT molecular complexity index is 295. The first-order valence-corrected chi connectivity index (χ1v) is 3.98. The zero-order chi connectivity index (χ0) is 7.68. The second-order valence-corrected chi connectivity index (χ2v) is 2.88. The summed E-state index contributed by atoms with van der Waals surface area (Å²) in [4.78, 5) is 0. The molecule has 0 heteroatoms. The molecule has 11 heavy (non-hydrogen) atoms. The second-order valence-electron chi connectivity index (χ2n) is 2.88. The molecule has 0 heterocycles. The molecule has 1 aromatic carbocycles. The van der Waals surface area contributed by atoms with Crippen LogP contribution in [0.4, 0.5) is 0 Å². The first kappa shape index (κ1) is 6.66. The number of benzene rings is 1. The topological polar surface area (TPSA) is 0 Å². The minimum Gasteiger partial charge on any atom is -0.0619 e. The summed E-state index contributed by atoms with van der Waals surface area (Å²) in [6, 6.07) is 8.56. The Labute approximate surface area is 67.6 Å². The monoisotopic (exact) mass is 143 g/mol. The molecule has 0 nitrogen and oxygen atoms in total. The van der Waals surface area contributed by atoms with Crippen LogP contribution in [0.1, 0.15) is 18.1 Å². The quantitative estimate of drug-likeness (QED) is 0.567. The van der Waals surface area contributed by atoms with Crippen molar-refractivity contribution in [1.29, 1.82) is 0 Å². The number of fused-ring (bicyclic) bond motifs is 1. The molecule has 0 saturated carbocycles. The van der Waals surface area contributed by atoms with Gasteiger partial charge in [-0.15, -0.1) is 0 Å². The van der Waals surface area contributed by atoms with E-state index in [1.807, 2.05) is 0 Å². The fourth-order valence-corrected chi connectivity index (χ4v) is 1.49. The van der Waals surface area contributed by atoms with Crippen LogP contribution in [0.15, 0.2) is 29.8 Å². The first-order chi connectivity index (χ1) is 5.40. The molecule has 55 valence electrons. The van der Waals surface area contributed by atoms with Crippen LogP contribution >= 0.6 is 0 Å². The number of allylic oxidation sites excluding steroid dienone is 1. The third-order valence-electron chi connectivity index (χ3n) is 2.16. The van der Waals surface area contributed by atoms with E-state index in [-0.39, 0.29) is 0 Å². The van der Waals surface area contributed by atoms with Crippen molar-refractivity contribution in [2.75, 3.05) is 0 Å². The van der Waals surface area contributed by atoms with Crippen molar-refractivity contribution in [3.63, 3.8) is 0 Å². The highest BCUT2D eigenvalue weighted by Gasteiger charge is 2.08. The fourth-order valence-electron chi connectivity index (χ4n) is 1.49. The molecule has 1 aliphatic carbocycles. The Kier molecular flexibility index (Phi) is 1.54. The summed E-state index contributed by atoms with van der Waals surface area (Å²) in [5, 5.41) is 0. The van der Waals surface area contributed by atoms with Gasteiger partial charge in [-0.05, 0) is 24.0 Å². The van der Waals surface area contributed by atoms with Crippen LogP contribution in [0, 0.1) is 6.42 Å². The van der Waals surface area contributed by atoms with Gasteiger partial charge in [0.15, 0.2) is 0 Å². The van der Waals surface area contributed by atoms with Gasteiger partial charge < -0.3 is 0 Å². The minimum absolute atomic E-state index is 1.12. The van der Waals surface area contributed by atoms with Gasteiger partial charge in [0, 0.05) is 0 Å². The molecule has 0 saturated heterocycles. The van der Waals surface area contributed by atoms with E-state index >= 15 is 0 Å². The average Bonchev–Trinajstić information content (AvgIpc) is 2.46. The molecule has 0 aliphatic heterocycles. The first-order valence-electron chi connectivity index (χ1n) is 3.98. The average molecular weight is 143 g/mol. The minimum atomic E-state index is 1.12. The third-order valence-corrected chi connectivity index (χ3v) is 2.16. The van der Waals surface area contributed by atoms with Gasteiger partial charge >= 0.3 is 0 Å². The van der Waals surface area contributed by atoms with Gasteiger partial charge in [-0.2, -0.15) is 0 Å². The summed E-state index contributed by atoms with van der Waals surface area (Å²) >= 11 is 0. The maximum atomic E-state index is 2.26. The molecule has 0 amide bonds. The zero-order valence-electron chi connectivity index (χ0n) is 6.67. The van der Waals surface area contributed by atoms with E-state index in [0.717, 1.165) is 6.42 Å².